The first kappa shape index (κ1) is 16.0. The maximum atomic E-state index is 12.4. The average Bonchev–Trinajstić information content (AvgIpc) is 2.39. The zero-order chi connectivity index (χ0) is 15.4. The highest BCUT2D eigenvalue weighted by Crippen LogP contribution is 2.22. The van der Waals surface area contributed by atoms with Gasteiger partial charge in [0.1, 0.15) is 0 Å². The highest BCUT2D eigenvalue weighted by molar-refractivity contribution is 9.10. The fraction of sp³-hybridized carbons (Fsp3) is 0.188. The Morgan fingerprint density at radius 1 is 1.24 bits per heavy atom. The van der Waals surface area contributed by atoms with E-state index in [1.807, 2.05) is 38.4 Å². The van der Waals surface area contributed by atoms with Crippen LogP contribution >= 0.6 is 27.5 Å². The van der Waals surface area contributed by atoms with Crippen LogP contribution in [0.15, 0.2) is 46.9 Å². The van der Waals surface area contributed by atoms with E-state index in [0.717, 1.165) is 22.3 Å². The van der Waals surface area contributed by atoms with E-state index in [4.69, 9.17) is 11.6 Å². The summed E-state index contributed by atoms with van der Waals surface area (Å²) in [6.07, 6.45) is 0. The van der Waals surface area contributed by atoms with Gasteiger partial charge in [0.15, 0.2) is 0 Å². The van der Waals surface area contributed by atoms with Crippen molar-refractivity contribution >= 4 is 39.1 Å². The van der Waals surface area contributed by atoms with Crippen LogP contribution in [0.4, 0.5) is 5.69 Å². The number of nitrogens with zero attached hydrogens (tertiary/aromatic N) is 1. The third kappa shape index (κ3) is 4.56. The van der Waals surface area contributed by atoms with Crippen molar-refractivity contribution < 1.29 is 4.79 Å². The number of benzene rings is 2. The Balaban J connectivity index is 2.23. The molecule has 0 aliphatic rings. The van der Waals surface area contributed by atoms with Crippen molar-refractivity contribution in [2.24, 2.45) is 0 Å². The normalized spacial score (nSPS) is 10.7. The molecule has 0 bridgehead atoms. The first-order valence-corrected chi connectivity index (χ1v) is 7.63. The summed E-state index contributed by atoms with van der Waals surface area (Å²) in [7, 11) is 3.99. The summed E-state index contributed by atoms with van der Waals surface area (Å²) in [6.45, 7) is 0.760. The van der Waals surface area contributed by atoms with Gasteiger partial charge in [0.05, 0.1) is 0 Å². The Kier molecular flexibility index (Phi) is 5.39. The van der Waals surface area contributed by atoms with E-state index in [1.165, 1.54) is 0 Å². The SMILES string of the molecule is CN(C)Cc1ccccc1NC(=O)c1cc(Cl)cc(Br)c1. The summed E-state index contributed by atoms with van der Waals surface area (Å²) in [5.41, 5.74) is 2.40. The lowest BCUT2D eigenvalue weighted by Crippen LogP contribution is -2.16. The molecule has 0 atom stereocenters. The van der Waals surface area contributed by atoms with Crippen LogP contribution < -0.4 is 5.32 Å². The quantitative estimate of drug-likeness (QED) is 0.868. The number of para-hydroxylation sites is 1. The lowest BCUT2D eigenvalue weighted by atomic mass is 10.1. The van der Waals surface area contributed by atoms with Crippen LogP contribution in [0.25, 0.3) is 0 Å². The predicted molar refractivity (Wildman–Crippen MR) is 90.9 cm³/mol. The van der Waals surface area contributed by atoms with Gasteiger partial charge in [-0.2, -0.15) is 0 Å². The molecule has 2 aromatic carbocycles. The van der Waals surface area contributed by atoms with Crippen molar-refractivity contribution in [2.45, 2.75) is 6.54 Å². The number of anilines is 1. The molecular formula is C16H16BrClN2O. The standard InChI is InChI=1S/C16H16BrClN2O/c1-20(2)10-11-5-3-4-6-15(11)19-16(21)12-7-13(17)9-14(18)8-12/h3-9H,10H2,1-2H3,(H,19,21). The summed E-state index contributed by atoms with van der Waals surface area (Å²) in [5, 5.41) is 3.47. The summed E-state index contributed by atoms with van der Waals surface area (Å²) < 4.78 is 0.779. The molecule has 5 heteroatoms. The van der Waals surface area contributed by atoms with Crippen molar-refractivity contribution in [3.05, 3.63) is 63.1 Å². The Hall–Kier alpha value is -1.36. The molecule has 0 unspecified atom stereocenters. The van der Waals surface area contributed by atoms with E-state index in [-0.39, 0.29) is 5.91 Å². The molecule has 0 radical (unpaired) electrons. The third-order valence-corrected chi connectivity index (χ3v) is 3.55. The summed E-state index contributed by atoms with van der Waals surface area (Å²) >= 11 is 9.32. The number of nitrogens with one attached hydrogen (secondary N) is 1. The topological polar surface area (TPSA) is 32.3 Å². The van der Waals surface area contributed by atoms with E-state index in [1.54, 1.807) is 18.2 Å². The fourth-order valence-corrected chi connectivity index (χ4v) is 2.86. The van der Waals surface area contributed by atoms with Crippen LogP contribution in [0.1, 0.15) is 15.9 Å². The maximum Gasteiger partial charge on any atom is 0.255 e. The smallest absolute Gasteiger partial charge is 0.255 e. The highest BCUT2D eigenvalue weighted by Gasteiger charge is 2.10. The highest BCUT2D eigenvalue weighted by atomic mass is 79.9. The first-order chi connectivity index (χ1) is 9.95. The number of hydrogen-bond acceptors (Lipinski definition) is 2. The molecule has 110 valence electrons. The molecule has 0 spiro atoms. The van der Waals surface area contributed by atoms with Gasteiger partial charge in [0, 0.05) is 27.3 Å². The molecule has 1 N–H and O–H groups in total. The first-order valence-electron chi connectivity index (χ1n) is 6.46. The van der Waals surface area contributed by atoms with Crippen LogP contribution in [0.3, 0.4) is 0 Å². The second-order valence-electron chi connectivity index (χ2n) is 5.01. The van der Waals surface area contributed by atoms with Gasteiger partial charge < -0.3 is 10.2 Å². The minimum Gasteiger partial charge on any atom is -0.322 e. The number of halogens is 2. The molecule has 0 saturated heterocycles. The number of hydrogen-bond donors (Lipinski definition) is 1. The van der Waals surface area contributed by atoms with Crippen LogP contribution in [0.2, 0.25) is 5.02 Å². The molecule has 1 amide bonds. The van der Waals surface area contributed by atoms with Crippen molar-refractivity contribution in [1.29, 1.82) is 0 Å². The molecule has 2 rings (SSSR count). The van der Waals surface area contributed by atoms with Crippen LogP contribution in [0, 0.1) is 0 Å². The molecule has 2 aromatic rings. The summed E-state index contributed by atoms with van der Waals surface area (Å²) in [6, 6.07) is 12.9. The van der Waals surface area contributed by atoms with E-state index >= 15 is 0 Å². The largest absolute Gasteiger partial charge is 0.322 e. The van der Waals surface area contributed by atoms with E-state index in [2.05, 4.69) is 26.1 Å². The molecule has 0 aromatic heterocycles. The molecule has 0 aliphatic carbocycles. The molecule has 3 nitrogen and oxygen atoms in total. The number of carbonyl (C=O) groups is 1. The van der Waals surface area contributed by atoms with Crippen molar-refractivity contribution in [2.75, 3.05) is 19.4 Å². The van der Waals surface area contributed by atoms with Gasteiger partial charge in [-0.3, -0.25) is 4.79 Å². The maximum absolute atomic E-state index is 12.4. The monoisotopic (exact) mass is 366 g/mol. The van der Waals surface area contributed by atoms with E-state index in [0.29, 0.717) is 10.6 Å². The second-order valence-corrected chi connectivity index (χ2v) is 6.36. The average molecular weight is 368 g/mol. The Morgan fingerprint density at radius 2 is 1.95 bits per heavy atom. The summed E-state index contributed by atoms with van der Waals surface area (Å²) in [5.74, 6) is -0.176. The zero-order valence-electron chi connectivity index (χ0n) is 11.9. The predicted octanol–water partition coefficient (Wildman–Crippen LogP) is 4.42. The van der Waals surface area contributed by atoms with Crippen LogP contribution in [0.5, 0.6) is 0 Å². The molecule has 0 heterocycles. The second kappa shape index (κ2) is 7.07. The van der Waals surface area contributed by atoms with E-state index < -0.39 is 0 Å². The van der Waals surface area contributed by atoms with Crippen molar-refractivity contribution in [1.82, 2.24) is 4.90 Å². The van der Waals surface area contributed by atoms with Crippen LogP contribution in [-0.4, -0.2) is 24.9 Å². The Bertz CT molecular complexity index is 638. The molecular weight excluding hydrogens is 352 g/mol. The lowest BCUT2D eigenvalue weighted by Gasteiger charge is -2.15. The number of carbonyl (C=O) groups excluding carboxylic acids is 1. The molecule has 0 fully saturated rings. The fourth-order valence-electron chi connectivity index (χ4n) is 2.00. The third-order valence-electron chi connectivity index (χ3n) is 2.88. The summed E-state index contributed by atoms with van der Waals surface area (Å²) in [4.78, 5) is 14.4. The molecule has 21 heavy (non-hydrogen) atoms. The lowest BCUT2D eigenvalue weighted by molar-refractivity contribution is 0.102. The number of rotatable bonds is 4. The van der Waals surface area contributed by atoms with E-state index in [9.17, 15) is 4.79 Å². The van der Waals surface area contributed by atoms with Gasteiger partial charge in [-0.25, -0.2) is 0 Å². The minimum atomic E-state index is -0.176. The van der Waals surface area contributed by atoms with Gasteiger partial charge >= 0.3 is 0 Å². The Labute approximate surface area is 138 Å². The van der Waals surface area contributed by atoms with Crippen molar-refractivity contribution in [3.63, 3.8) is 0 Å². The van der Waals surface area contributed by atoms with Crippen LogP contribution in [-0.2, 0) is 6.54 Å². The van der Waals surface area contributed by atoms with Gasteiger partial charge in [-0.1, -0.05) is 45.7 Å². The zero-order valence-corrected chi connectivity index (χ0v) is 14.2. The molecule has 0 aliphatic heterocycles. The van der Waals surface area contributed by atoms with Gasteiger partial charge in [0.2, 0.25) is 0 Å². The Morgan fingerprint density at radius 3 is 2.62 bits per heavy atom. The molecule has 0 saturated carbocycles. The van der Waals surface area contributed by atoms with Crippen molar-refractivity contribution in [3.8, 4) is 0 Å². The van der Waals surface area contributed by atoms with Gasteiger partial charge in [-0.05, 0) is 43.9 Å². The minimum absolute atomic E-state index is 0.176. The van der Waals surface area contributed by atoms with Gasteiger partial charge in [-0.15, -0.1) is 0 Å². The van der Waals surface area contributed by atoms with Gasteiger partial charge in [0.25, 0.3) is 5.91 Å². The number of amides is 1.